The SMILES string of the molecule is COc1ccc(COC(=O)C2=C(/C=C\c3csnn3)CS[C@H]3C(NC(=O)Cc4ccccc4)C(=O)N23)cc1. The zero-order valence-corrected chi connectivity index (χ0v) is 22.0. The van der Waals surface area contributed by atoms with Crippen LogP contribution in [0.25, 0.3) is 6.08 Å². The molecular weight excluding hydrogens is 524 g/mol. The van der Waals surface area contributed by atoms with E-state index < -0.39 is 17.4 Å². The maximum atomic E-state index is 13.3. The molecule has 194 valence electrons. The predicted octanol–water partition coefficient (Wildman–Crippen LogP) is 3.20. The second-order valence-electron chi connectivity index (χ2n) is 8.58. The van der Waals surface area contributed by atoms with E-state index in [1.54, 1.807) is 36.8 Å². The van der Waals surface area contributed by atoms with Crippen LogP contribution in [-0.4, -0.2) is 56.5 Å². The zero-order chi connectivity index (χ0) is 26.5. The number of fused-ring (bicyclic) bond motifs is 1. The molecular formula is C27H24N4O5S2. The fraction of sp³-hybridized carbons (Fsp3) is 0.222. The van der Waals surface area contributed by atoms with Crippen molar-refractivity contribution in [2.75, 3.05) is 12.9 Å². The molecule has 1 aromatic heterocycles. The highest BCUT2D eigenvalue weighted by atomic mass is 32.2. The van der Waals surface area contributed by atoms with Crippen molar-refractivity contribution in [1.82, 2.24) is 19.8 Å². The molecule has 1 N–H and O–H groups in total. The lowest BCUT2D eigenvalue weighted by atomic mass is 10.0. The van der Waals surface area contributed by atoms with Gasteiger partial charge in [-0.1, -0.05) is 53.0 Å². The van der Waals surface area contributed by atoms with Crippen LogP contribution in [0.3, 0.4) is 0 Å². The molecule has 5 rings (SSSR count). The number of benzene rings is 2. The Morgan fingerprint density at radius 2 is 1.89 bits per heavy atom. The largest absolute Gasteiger partial charge is 0.497 e. The van der Waals surface area contributed by atoms with Gasteiger partial charge >= 0.3 is 5.97 Å². The number of nitrogens with one attached hydrogen (secondary N) is 1. The average molecular weight is 549 g/mol. The Balaban J connectivity index is 1.32. The first-order valence-electron chi connectivity index (χ1n) is 11.8. The normalized spacial score (nSPS) is 18.7. The number of esters is 1. The summed E-state index contributed by atoms with van der Waals surface area (Å²) >= 11 is 2.71. The van der Waals surface area contributed by atoms with E-state index in [0.29, 0.717) is 22.8 Å². The van der Waals surface area contributed by atoms with E-state index in [1.165, 1.54) is 28.2 Å². The molecule has 0 radical (unpaired) electrons. The van der Waals surface area contributed by atoms with Crippen LogP contribution in [0, 0.1) is 0 Å². The number of amides is 2. The topological polar surface area (TPSA) is 111 Å². The molecule has 0 spiro atoms. The minimum absolute atomic E-state index is 0.0381. The number of rotatable bonds is 9. The number of nitrogens with zero attached hydrogens (tertiary/aromatic N) is 3. The van der Waals surface area contributed by atoms with Gasteiger partial charge in [-0.15, -0.1) is 16.9 Å². The van der Waals surface area contributed by atoms with Gasteiger partial charge in [-0.3, -0.25) is 14.5 Å². The van der Waals surface area contributed by atoms with Crippen molar-refractivity contribution in [2.24, 2.45) is 0 Å². The smallest absolute Gasteiger partial charge is 0.355 e. The summed E-state index contributed by atoms with van der Waals surface area (Å²) in [6.45, 7) is 0.0381. The van der Waals surface area contributed by atoms with Crippen molar-refractivity contribution in [3.8, 4) is 5.75 Å². The number of hydrogen-bond donors (Lipinski definition) is 1. The minimum Gasteiger partial charge on any atom is -0.497 e. The Morgan fingerprint density at radius 1 is 1.11 bits per heavy atom. The van der Waals surface area contributed by atoms with Crippen LogP contribution >= 0.6 is 23.3 Å². The molecule has 2 aromatic carbocycles. The van der Waals surface area contributed by atoms with Crippen LogP contribution in [0.5, 0.6) is 5.75 Å². The highest BCUT2D eigenvalue weighted by molar-refractivity contribution is 8.00. The molecule has 0 saturated carbocycles. The van der Waals surface area contributed by atoms with Gasteiger partial charge in [0.05, 0.1) is 19.2 Å². The van der Waals surface area contributed by atoms with Crippen LogP contribution in [0.15, 0.2) is 77.3 Å². The summed E-state index contributed by atoms with van der Waals surface area (Å²) in [6.07, 6.45) is 3.68. The molecule has 0 bridgehead atoms. The van der Waals surface area contributed by atoms with E-state index in [2.05, 4.69) is 14.9 Å². The fourth-order valence-electron chi connectivity index (χ4n) is 4.14. The first-order valence-corrected chi connectivity index (χ1v) is 13.7. The molecule has 1 saturated heterocycles. The van der Waals surface area contributed by atoms with E-state index >= 15 is 0 Å². The van der Waals surface area contributed by atoms with Gasteiger partial charge in [-0.2, -0.15) is 0 Å². The van der Waals surface area contributed by atoms with Gasteiger partial charge in [0.25, 0.3) is 5.91 Å². The number of methoxy groups -OCH3 is 1. The molecule has 0 aliphatic carbocycles. The maximum absolute atomic E-state index is 13.3. The van der Waals surface area contributed by atoms with Crippen molar-refractivity contribution in [3.63, 3.8) is 0 Å². The third-order valence-electron chi connectivity index (χ3n) is 6.08. The molecule has 9 nitrogen and oxygen atoms in total. The second kappa shape index (κ2) is 11.6. The van der Waals surface area contributed by atoms with Gasteiger partial charge in [0, 0.05) is 11.1 Å². The van der Waals surface area contributed by atoms with Crippen molar-refractivity contribution >= 4 is 47.2 Å². The van der Waals surface area contributed by atoms with E-state index in [4.69, 9.17) is 9.47 Å². The number of ether oxygens (including phenoxy) is 2. The minimum atomic E-state index is -0.714. The average Bonchev–Trinajstić information content (AvgIpc) is 3.47. The van der Waals surface area contributed by atoms with Gasteiger partial charge in [0.2, 0.25) is 5.91 Å². The molecule has 3 aromatic rings. The van der Waals surface area contributed by atoms with Gasteiger partial charge in [-0.25, -0.2) is 4.79 Å². The second-order valence-corrected chi connectivity index (χ2v) is 10.3. The monoisotopic (exact) mass is 548 g/mol. The lowest BCUT2D eigenvalue weighted by Crippen LogP contribution is -2.70. The number of allylic oxidation sites excluding steroid dienone is 1. The Kier molecular flexibility index (Phi) is 7.85. The number of carbonyl (C=O) groups is 3. The summed E-state index contributed by atoms with van der Waals surface area (Å²) in [6, 6.07) is 15.8. The number of carbonyl (C=O) groups excluding carboxylic acids is 3. The molecule has 38 heavy (non-hydrogen) atoms. The van der Waals surface area contributed by atoms with Crippen molar-refractivity contribution < 1.29 is 23.9 Å². The highest BCUT2D eigenvalue weighted by Crippen LogP contribution is 2.41. The van der Waals surface area contributed by atoms with Crippen molar-refractivity contribution in [2.45, 2.75) is 24.4 Å². The summed E-state index contributed by atoms with van der Waals surface area (Å²) in [5, 5.41) is 8.22. The first kappa shape index (κ1) is 25.7. The molecule has 2 aliphatic heterocycles. The zero-order valence-electron chi connectivity index (χ0n) is 20.4. The van der Waals surface area contributed by atoms with E-state index in [1.807, 2.05) is 42.5 Å². The van der Waals surface area contributed by atoms with E-state index in [-0.39, 0.29) is 30.5 Å². The Morgan fingerprint density at radius 3 is 2.61 bits per heavy atom. The fourth-order valence-corrected chi connectivity index (χ4v) is 5.88. The summed E-state index contributed by atoms with van der Waals surface area (Å²) in [5.74, 6) is -0.0408. The molecule has 3 heterocycles. The van der Waals surface area contributed by atoms with Gasteiger partial charge < -0.3 is 14.8 Å². The summed E-state index contributed by atoms with van der Waals surface area (Å²) < 4.78 is 14.6. The van der Waals surface area contributed by atoms with Crippen LogP contribution < -0.4 is 10.1 Å². The third-order valence-corrected chi connectivity index (χ3v) is 7.90. The van der Waals surface area contributed by atoms with Gasteiger partial charge in [0.1, 0.15) is 29.5 Å². The molecule has 2 atom stereocenters. The number of thioether (sulfide) groups is 1. The van der Waals surface area contributed by atoms with E-state index in [0.717, 1.165) is 11.1 Å². The van der Waals surface area contributed by atoms with Gasteiger partial charge in [0.15, 0.2) is 0 Å². The van der Waals surface area contributed by atoms with E-state index in [9.17, 15) is 14.4 Å². The van der Waals surface area contributed by atoms with Crippen LogP contribution in [-0.2, 0) is 32.1 Å². The van der Waals surface area contributed by atoms with Crippen LogP contribution in [0.2, 0.25) is 0 Å². The third kappa shape index (κ3) is 5.63. The highest BCUT2D eigenvalue weighted by Gasteiger charge is 2.54. The Hall–Kier alpha value is -3.96. The molecule has 2 amide bonds. The first-order chi connectivity index (χ1) is 18.5. The predicted molar refractivity (Wildman–Crippen MR) is 144 cm³/mol. The summed E-state index contributed by atoms with van der Waals surface area (Å²) in [4.78, 5) is 40.6. The standard InChI is InChI=1S/C27H24N4O5S2/c1-35-21-11-7-18(8-12-21)14-36-27(34)24-19(9-10-20-16-38-30-29-20)15-37-26-23(25(33)31(24)26)28-22(32)13-17-5-3-2-4-6-17/h2-12,16,23,26H,13-15H2,1H3,(H,28,32)/b10-9-/t23?,26-/m0/s1. The molecule has 1 unspecified atom stereocenters. The van der Waals surface area contributed by atoms with Crippen molar-refractivity contribution in [3.05, 3.63) is 94.1 Å². The maximum Gasteiger partial charge on any atom is 0.355 e. The lowest BCUT2D eigenvalue weighted by Gasteiger charge is -2.49. The van der Waals surface area contributed by atoms with Gasteiger partial charge in [-0.05, 0) is 46.4 Å². The number of hydrogen-bond acceptors (Lipinski definition) is 9. The Bertz CT molecular complexity index is 1370. The summed E-state index contributed by atoms with van der Waals surface area (Å²) in [5.41, 5.74) is 3.12. The van der Waals surface area contributed by atoms with Crippen molar-refractivity contribution in [1.29, 1.82) is 0 Å². The quantitative estimate of drug-likeness (QED) is 0.321. The molecule has 2 aliphatic rings. The molecule has 11 heteroatoms. The number of β-lactam (4-membered cyclic amide) rings is 1. The molecule has 1 fully saturated rings. The van der Waals surface area contributed by atoms with Crippen LogP contribution in [0.4, 0.5) is 0 Å². The Labute approximate surface area is 227 Å². The summed E-state index contributed by atoms with van der Waals surface area (Å²) in [7, 11) is 1.58. The lowest BCUT2D eigenvalue weighted by molar-refractivity contribution is -0.153. The number of aromatic nitrogens is 2. The van der Waals surface area contributed by atoms with Crippen LogP contribution in [0.1, 0.15) is 16.8 Å².